The Balaban J connectivity index is 2.50. The van der Waals surface area contributed by atoms with E-state index in [1.54, 1.807) is 0 Å². The summed E-state index contributed by atoms with van der Waals surface area (Å²) in [6.07, 6.45) is 0. The normalized spacial score (nSPS) is 10.6. The van der Waals surface area contributed by atoms with Gasteiger partial charge in [-0.3, -0.25) is 4.79 Å². The minimum atomic E-state index is 0.0607. The Morgan fingerprint density at radius 2 is 1.82 bits per heavy atom. The fraction of sp³-hybridized carbons (Fsp3) is 0.154. The number of aryl methyl sites for hydroxylation is 2. The van der Waals surface area contributed by atoms with Crippen LogP contribution in [0.3, 0.4) is 0 Å². The van der Waals surface area contributed by atoms with Crippen molar-refractivity contribution < 1.29 is 4.79 Å². The SMILES string of the molecule is Cc1ccc(Br)c(C(=O)c2sc(C)cc2Br)c1. The first kappa shape index (κ1) is 13.0. The molecule has 2 rings (SSSR count). The molecule has 0 aliphatic rings. The molecule has 1 nitrogen and oxygen atoms in total. The Labute approximate surface area is 121 Å². The van der Waals surface area contributed by atoms with Crippen LogP contribution in [-0.2, 0) is 0 Å². The highest BCUT2D eigenvalue weighted by Crippen LogP contribution is 2.31. The van der Waals surface area contributed by atoms with E-state index in [2.05, 4.69) is 31.9 Å². The monoisotopic (exact) mass is 372 g/mol. The number of ketones is 1. The molecule has 4 heteroatoms. The Bertz CT molecular complexity index is 587. The highest BCUT2D eigenvalue weighted by atomic mass is 79.9. The van der Waals surface area contributed by atoms with E-state index in [0.29, 0.717) is 5.56 Å². The molecule has 0 bridgehead atoms. The zero-order chi connectivity index (χ0) is 12.6. The summed E-state index contributed by atoms with van der Waals surface area (Å²) in [6.45, 7) is 3.98. The van der Waals surface area contributed by atoms with Gasteiger partial charge in [-0.15, -0.1) is 11.3 Å². The van der Waals surface area contributed by atoms with Crippen molar-refractivity contribution in [3.05, 3.63) is 54.1 Å². The lowest BCUT2D eigenvalue weighted by atomic mass is 10.1. The summed E-state index contributed by atoms with van der Waals surface area (Å²) in [5.74, 6) is 0.0607. The number of hydrogen-bond acceptors (Lipinski definition) is 2. The summed E-state index contributed by atoms with van der Waals surface area (Å²) in [5.41, 5.74) is 1.80. The predicted octanol–water partition coefficient (Wildman–Crippen LogP) is 5.12. The van der Waals surface area contributed by atoms with Crippen molar-refractivity contribution in [1.29, 1.82) is 0 Å². The molecular formula is C13H10Br2OS. The second kappa shape index (κ2) is 5.04. The van der Waals surface area contributed by atoms with Gasteiger partial charge >= 0.3 is 0 Å². The molecule has 2 aromatic rings. The lowest BCUT2D eigenvalue weighted by Gasteiger charge is -2.04. The number of thiophene rings is 1. The average molecular weight is 374 g/mol. The summed E-state index contributed by atoms with van der Waals surface area (Å²) in [5, 5.41) is 0. The summed E-state index contributed by atoms with van der Waals surface area (Å²) in [4.78, 5) is 14.3. The summed E-state index contributed by atoms with van der Waals surface area (Å²) >= 11 is 8.38. The molecule has 1 aromatic heterocycles. The molecule has 0 aliphatic heterocycles. The van der Waals surface area contributed by atoms with Crippen LogP contribution in [0.1, 0.15) is 25.7 Å². The lowest BCUT2D eigenvalue weighted by Crippen LogP contribution is -2.01. The first-order chi connectivity index (χ1) is 7.99. The standard InChI is InChI=1S/C13H10Br2OS/c1-7-3-4-10(14)9(5-7)12(16)13-11(15)6-8(2)17-13/h3-6H,1-2H3. The van der Waals surface area contributed by atoms with Gasteiger partial charge in [-0.25, -0.2) is 0 Å². The molecule has 88 valence electrons. The third kappa shape index (κ3) is 2.69. The van der Waals surface area contributed by atoms with Gasteiger partial charge in [0.2, 0.25) is 5.78 Å². The van der Waals surface area contributed by atoms with Gasteiger partial charge in [-0.2, -0.15) is 0 Å². The Morgan fingerprint density at radius 1 is 1.12 bits per heavy atom. The fourth-order valence-electron chi connectivity index (χ4n) is 1.57. The molecule has 0 spiro atoms. The van der Waals surface area contributed by atoms with Gasteiger partial charge in [0.25, 0.3) is 0 Å². The van der Waals surface area contributed by atoms with Gasteiger partial charge < -0.3 is 0 Å². The van der Waals surface area contributed by atoms with Gasteiger partial charge in [-0.1, -0.05) is 27.6 Å². The molecule has 1 heterocycles. The molecule has 0 unspecified atom stereocenters. The van der Waals surface area contributed by atoms with Crippen LogP contribution in [0.2, 0.25) is 0 Å². The number of carbonyl (C=O) groups is 1. The third-order valence-corrected chi connectivity index (χ3v) is 5.01. The topological polar surface area (TPSA) is 17.1 Å². The maximum Gasteiger partial charge on any atom is 0.205 e. The summed E-state index contributed by atoms with van der Waals surface area (Å²) in [7, 11) is 0. The van der Waals surface area contributed by atoms with E-state index in [-0.39, 0.29) is 5.78 Å². The third-order valence-electron chi connectivity index (χ3n) is 2.38. The van der Waals surface area contributed by atoms with Crippen LogP contribution in [0.25, 0.3) is 0 Å². The van der Waals surface area contributed by atoms with E-state index in [0.717, 1.165) is 24.3 Å². The minimum absolute atomic E-state index is 0.0607. The van der Waals surface area contributed by atoms with E-state index in [4.69, 9.17) is 0 Å². The van der Waals surface area contributed by atoms with E-state index in [1.807, 2.05) is 38.1 Å². The van der Waals surface area contributed by atoms with Crippen molar-refractivity contribution in [2.24, 2.45) is 0 Å². The first-order valence-electron chi connectivity index (χ1n) is 5.06. The number of benzene rings is 1. The van der Waals surface area contributed by atoms with Gasteiger partial charge in [0, 0.05) is 19.4 Å². The van der Waals surface area contributed by atoms with Crippen molar-refractivity contribution in [1.82, 2.24) is 0 Å². The molecule has 0 atom stereocenters. The Hall–Kier alpha value is -0.450. The smallest absolute Gasteiger partial charge is 0.205 e. The molecule has 1 aromatic carbocycles. The average Bonchev–Trinajstić information content (AvgIpc) is 2.60. The molecule has 0 N–H and O–H groups in total. The maximum absolute atomic E-state index is 12.4. The van der Waals surface area contributed by atoms with Crippen molar-refractivity contribution >= 4 is 49.0 Å². The van der Waals surface area contributed by atoms with E-state index >= 15 is 0 Å². The van der Waals surface area contributed by atoms with E-state index < -0.39 is 0 Å². The number of halogens is 2. The van der Waals surface area contributed by atoms with Crippen LogP contribution in [0.5, 0.6) is 0 Å². The fourth-order valence-corrected chi connectivity index (χ4v) is 3.78. The highest BCUT2D eigenvalue weighted by molar-refractivity contribution is 9.11. The first-order valence-corrected chi connectivity index (χ1v) is 7.46. The lowest BCUT2D eigenvalue weighted by molar-refractivity contribution is 0.104. The number of carbonyl (C=O) groups excluding carboxylic acids is 1. The number of hydrogen-bond donors (Lipinski definition) is 0. The molecule has 0 aliphatic carbocycles. The second-order valence-electron chi connectivity index (χ2n) is 3.85. The van der Waals surface area contributed by atoms with E-state index in [9.17, 15) is 4.79 Å². The maximum atomic E-state index is 12.4. The molecule has 0 saturated heterocycles. The molecular weight excluding hydrogens is 364 g/mol. The van der Waals surface area contributed by atoms with Gasteiger partial charge in [-0.05, 0) is 48.0 Å². The predicted molar refractivity (Wildman–Crippen MR) is 79.1 cm³/mol. The van der Waals surface area contributed by atoms with Crippen LogP contribution < -0.4 is 0 Å². The van der Waals surface area contributed by atoms with Crippen molar-refractivity contribution in [2.45, 2.75) is 13.8 Å². The molecule has 0 amide bonds. The minimum Gasteiger partial charge on any atom is -0.288 e. The Morgan fingerprint density at radius 3 is 2.41 bits per heavy atom. The van der Waals surface area contributed by atoms with Gasteiger partial charge in [0.1, 0.15) is 0 Å². The summed E-state index contributed by atoms with van der Waals surface area (Å²) < 4.78 is 1.71. The molecule has 0 radical (unpaired) electrons. The van der Waals surface area contributed by atoms with Crippen LogP contribution in [0, 0.1) is 13.8 Å². The molecule has 17 heavy (non-hydrogen) atoms. The van der Waals surface area contributed by atoms with Crippen molar-refractivity contribution in [2.75, 3.05) is 0 Å². The van der Waals surface area contributed by atoms with E-state index in [1.165, 1.54) is 11.3 Å². The largest absolute Gasteiger partial charge is 0.288 e. The molecule has 0 saturated carbocycles. The number of rotatable bonds is 2. The van der Waals surface area contributed by atoms with Gasteiger partial charge in [0.05, 0.1) is 4.88 Å². The van der Waals surface area contributed by atoms with Crippen LogP contribution >= 0.6 is 43.2 Å². The zero-order valence-electron chi connectivity index (χ0n) is 9.38. The second-order valence-corrected chi connectivity index (χ2v) is 6.81. The van der Waals surface area contributed by atoms with Crippen LogP contribution in [0.15, 0.2) is 33.2 Å². The zero-order valence-corrected chi connectivity index (χ0v) is 13.4. The van der Waals surface area contributed by atoms with Crippen molar-refractivity contribution in [3.63, 3.8) is 0 Å². The Kier molecular flexibility index (Phi) is 3.85. The van der Waals surface area contributed by atoms with Crippen LogP contribution in [-0.4, -0.2) is 5.78 Å². The quantitative estimate of drug-likeness (QED) is 0.667. The van der Waals surface area contributed by atoms with Gasteiger partial charge in [0.15, 0.2) is 0 Å². The summed E-state index contributed by atoms with van der Waals surface area (Å²) in [6, 6.07) is 7.78. The van der Waals surface area contributed by atoms with Crippen molar-refractivity contribution in [3.8, 4) is 0 Å². The molecule has 0 fully saturated rings. The van der Waals surface area contributed by atoms with Crippen LogP contribution in [0.4, 0.5) is 0 Å². The highest BCUT2D eigenvalue weighted by Gasteiger charge is 2.17.